The van der Waals surface area contributed by atoms with Crippen molar-refractivity contribution in [2.24, 2.45) is 0 Å². The van der Waals surface area contributed by atoms with Crippen LogP contribution in [0.4, 0.5) is 5.69 Å². The van der Waals surface area contributed by atoms with Crippen LogP contribution in [0.5, 0.6) is 0 Å². The zero-order valence-electron chi connectivity index (χ0n) is 8.95. The third-order valence-electron chi connectivity index (χ3n) is 2.73. The van der Waals surface area contributed by atoms with Gasteiger partial charge in [-0.3, -0.25) is 9.59 Å². The highest BCUT2D eigenvalue weighted by molar-refractivity contribution is 5.78. The Balaban J connectivity index is 2.02. The molecule has 0 radical (unpaired) electrons. The van der Waals surface area contributed by atoms with Crippen LogP contribution in [0.2, 0.25) is 0 Å². The lowest BCUT2D eigenvalue weighted by molar-refractivity contribution is 0.0211. The van der Waals surface area contributed by atoms with E-state index in [9.17, 15) is 9.59 Å². The first-order valence-corrected chi connectivity index (χ1v) is 5.33. The van der Waals surface area contributed by atoms with Gasteiger partial charge in [0.25, 0.3) is 0 Å². The highest BCUT2D eigenvalue weighted by Gasteiger charge is 2.17. The molecule has 2 aromatic rings. The summed E-state index contributed by atoms with van der Waals surface area (Å²) in [6, 6.07) is 5.73. The van der Waals surface area contributed by atoms with Crippen molar-refractivity contribution in [3.8, 4) is 0 Å². The second kappa shape index (κ2) is 3.74. The van der Waals surface area contributed by atoms with Gasteiger partial charge in [-0.2, -0.15) is 0 Å². The molecular weight excluding hydrogens is 222 g/mol. The van der Waals surface area contributed by atoms with Crippen molar-refractivity contribution in [3.05, 3.63) is 38.9 Å². The van der Waals surface area contributed by atoms with Crippen molar-refractivity contribution >= 4 is 16.7 Å². The molecule has 1 aliphatic rings. The van der Waals surface area contributed by atoms with Crippen molar-refractivity contribution in [1.82, 2.24) is 9.97 Å². The summed E-state index contributed by atoms with van der Waals surface area (Å²) >= 11 is 0. The lowest BCUT2D eigenvalue weighted by atomic mass is 10.2. The lowest BCUT2D eigenvalue weighted by Gasteiger charge is -2.27. The molecule has 1 aromatic heterocycles. The number of ether oxygens (including phenoxy) is 1. The molecule has 3 rings (SSSR count). The zero-order valence-corrected chi connectivity index (χ0v) is 8.95. The molecule has 1 saturated heterocycles. The fourth-order valence-electron chi connectivity index (χ4n) is 1.76. The topological polar surface area (TPSA) is 87.0 Å². The summed E-state index contributed by atoms with van der Waals surface area (Å²) in [5.74, 6) is 0. The first-order valence-electron chi connectivity index (χ1n) is 5.33. The Morgan fingerprint density at radius 3 is 2.47 bits per heavy atom. The molecule has 88 valence electrons. The van der Waals surface area contributed by atoms with E-state index in [0.29, 0.717) is 30.3 Å². The molecule has 1 aromatic carbocycles. The molecule has 0 unspecified atom stereocenters. The van der Waals surface area contributed by atoms with Gasteiger partial charge in [-0.15, -0.1) is 0 Å². The maximum Gasteiger partial charge on any atom is 0.314 e. The summed E-state index contributed by atoms with van der Waals surface area (Å²) in [6.07, 6.45) is 0. The Morgan fingerprint density at radius 1 is 1.12 bits per heavy atom. The summed E-state index contributed by atoms with van der Waals surface area (Å²) in [4.78, 5) is 27.4. The maximum atomic E-state index is 11.2. The van der Waals surface area contributed by atoms with Crippen molar-refractivity contribution in [3.63, 3.8) is 0 Å². The first kappa shape index (κ1) is 10.1. The molecule has 6 heteroatoms. The van der Waals surface area contributed by atoms with E-state index in [4.69, 9.17) is 4.74 Å². The number of fused-ring (bicyclic) bond motifs is 1. The number of H-pyrrole nitrogens is 2. The minimum atomic E-state index is -0.637. The lowest BCUT2D eigenvalue weighted by Crippen LogP contribution is -2.40. The average molecular weight is 233 g/mol. The molecule has 1 aliphatic heterocycles. The molecule has 0 spiro atoms. The molecule has 3 N–H and O–H groups in total. The quantitative estimate of drug-likeness (QED) is 0.638. The van der Waals surface area contributed by atoms with Gasteiger partial charge in [0.1, 0.15) is 0 Å². The number of anilines is 1. The van der Waals surface area contributed by atoms with Crippen LogP contribution in [0.3, 0.4) is 0 Å². The number of aromatic nitrogens is 2. The van der Waals surface area contributed by atoms with Crippen molar-refractivity contribution in [1.29, 1.82) is 0 Å². The van der Waals surface area contributed by atoms with Gasteiger partial charge < -0.3 is 20.0 Å². The van der Waals surface area contributed by atoms with Gasteiger partial charge in [-0.05, 0) is 18.2 Å². The maximum absolute atomic E-state index is 11.2. The van der Waals surface area contributed by atoms with Crippen LogP contribution in [0.1, 0.15) is 0 Å². The molecule has 6 nitrogen and oxygen atoms in total. The fraction of sp³-hybridized carbons (Fsp3) is 0.273. The van der Waals surface area contributed by atoms with Gasteiger partial charge in [0.15, 0.2) is 0 Å². The molecule has 0 atom stereocenters. The van der Waals surface area contributed by atoms with Gasteiger partial charge in [-0.25, -0.2) is 0 Å². The summed E-state index contributed by atoms with van der Waals surface area (Å²) in [5.41, 5.74) is 0.852. The van der Waals surface area contributed by atoms with Gasteiger partial charge in [0.05, 0.1) is 30.3 Å². The van der Waals surface area contributed by atoms with E-state index < -0.39 is 11.1 Å². The van der Waals surface area contributed by atoms with Crippen molar-refractivity contribution in [2.75, 3.05) is 18.5 Å². The van der Waals surface area contributed by atoms with Gasteiger partial charge in [0, 0.05) is 5.69 Å². The van der Waals surface area contributed by atoms with Crippen molar-refractivity contribution in [2.45, 2.75) is 6.04 Å². The predicted octanol–water partition coefficient (Wildman–Crippen LogP) is 0.0271. The normalized spacial score (nSPS) is 15.8. The number of hydrogen-bond donors (Lipinski definition) is 3. The first-order chi connectivity index (χ1) is 8.22. The Hall–Kier alpha value is -2.08. The third-order valence-corrected chi connectivity index (χ3v) is 2.73. The smallest absolute Gasteiger partial charge is 0.314 e. The van der Waals surface area contributed by atoms with E-state index >= 15 is 0 Å². The number of aromatic amines is 2. The summed E-state index contributed by atoms with van der Waals surface area (Å²) in [6.45, 7) is 1.39. The largest absolute Gasteiger partial charge is 0.378 e. The molecule has 2 heterocycles. The van der Waals surface area contributed by atoms with E-state index in [1.54, 1.807) is 12.1 Å². The van der Waals surface area contributed by atoms with E-state index in [0.717, 1.165) is 5.69 Å². The number of nitrogens with one attached hydrogen (secondary N) is 3. The van der Waals surface area contributed by atoms with Crippen LogP contribution < -0.4 is 16.4 Å². The van der Waals surface area contributed by atoms with Crippen LogP contribution in [0, 0.1) is 0 Å². The minimum Gasteiger partial charge on any atom is -0.378 e. The van der Waals surface area contributed by atoms with Crippen LogP contribution >= 0.6 is 0 Å². The zero-order chi connectivity index (χ0) is 11.8. The number of hydrogen-bond acceptors (Lipinski definition) is 4. The second-order valence-electron chi connectivity index (χ2n) is 4.05. The highest BCUT2D eigenvalue weighted by Crippen LogP contribution is 2.16. The molecule has 0 amide bonds. The predicted molar refractivity (Wildman–Crippen MR) is 63.4 cm³/mol. The monoisotopic (exact) mass is 233 g/mol. The average Bonchev–Trinajstić information content (AvgIpc) is 2.25. The molecule has 17 heavy (non-hydrogen) atoms. The van der Waals surface area contributed by atoms with Gasteiger partial charge >= 0.3 is 11.1 Å². The number of rotatable bonds is 2. The second-order valence-corrected chi connectivity index (χ2v) is 4.05. The van der Waals surface area contributed by atoms with E-state index in [-0.39, 0.29) is 0 Å². The van der Waals surface area contributed by atoms with Crippen LogP contribution in [-0.2, 0) is 4.74 Å². The van der Waals surface area contributed by atoms with Crippen LogP contribution in [-0.4, -0.2) is 29.2 Å². The third kappa shape index (κ3) is 1.83. The van der Waals surface area contributed by atoms with Gasteiger partial charge in [-0.1, -0.05) is 0 Å². The number of benzene rings is 1. The summed E-state index contributed by atoms with van der Waals surface area (Å²) < 4.78 is 5.06. The SMILES string of the molecule is O=c1[nH]c2ccc(NC3COC3)cc2[nH]c1=O. The molecule has 0 aliphatic carbocycles. The Morgan fingerprint density at radius 2 is 1.82 bits per heavy atom. The Kier molecular flexibility index (Phi) is 2.22. The van der Waals surface area contributed by atoms with Crippen LogP contribution in [0.15, 0.2) is 27.8 Å². The Labute approximate surface area is 95.6 Å². The molecular formula is C11H11N3O3. The molecule has 1 fully saturated rings. The van der Waals surface area contributed by atoms with Crippen LogP contribution in [0.25, 0.3) is 11.0 Å². The standard InChI is InChI=1S/C11H11N3O3/c15-10-11(16)14-9-3-6(1-2-8(9)13-10)12-7-4-17-5-7/h1-3,7,12H,4-5H2,(H,13,15)(H,14,16). The van der Waals surface area contributed by atoms with E-state index in [2.05, 4.69) is 15.3 Å². The fourth-order valence-corrected chi connectivity index (χ4v) is 1.76. The summed E-state index contributed by atoms with van der Waals surface area (Å²) in [5, 5.41) is 3.27. The highest BCUT2D eigenvalue weighted by atomic mass is 16.5. The minimum absolute atomic E-state index is 0.321. The Bertz CT molecular complexity index is 669. The summed E-state index contributed by atoms with van der Waals surface area (Å²) in [7, 11) is 0. The van der Waals surface area contributed by atoms with E-state index in [1.807, 2.05) is 6.07 Å². The van der Waals surface area contributed by atoms with E-state index in [1.165, 1.54) is 0 Å². The van der Waals surface area contributed by atoms with Gasteiger partial charge in [0.2, 0.25) is 0 Å². The van der Waals surface area contributed by atoms with Crippen molar-refractivity contribution < 1.29 is 4.74 Å². The molecule has 0 bridgehead atoms. The molecule has 0 saturated carbocycles.